The molecule has 0 N–H and O–H groups in total. The van der Waals surface area contributed by atoms with Crippen LogP contribution in [0.4, 0.5) is 0 Å². The molecule has 0 bridgehead atoms. The fourth-order valence-electron chi connectivity index (χ4n) is 3.87. The van der Waals surface area contributed by atoms with Crippen LogP contribution in [0.2, 0.25) is 0 Å². The van der Waals surface area contributed by atoms with Gasteiger partial charge >= 0.3 is 0 Å². The van der Waals surface area contributed by atoms with Gasteiger partial charge in [-0.15, -0.1) is 11.8 Å². The number of nitrogens with zero attached hydrogens (tertiary/aromatic N) is 2. The van der Waals surface area contributed by atoms with E-state index in [0.29, 0.717) is 19.6 Å². The summed E-state index contributed by atoms with van der Waals surface area (Å²) in [6, 6.07) is 8.68. The molecule has 2 amide bonds. The van der Waals surface area contributed by atoms with Gasteiger partial charge < -0.3 is 9.80 Å². The second-order valence-corrected chi connectivity index (χ2v) is 10.5. The molecule has 154 valence electrons. The average molecular weight is 403 g/mol. The van der Waals surface area contributed by atoms with Crippen LogP contribution in [0.5, 0.6) is 0 Å². The Bertz CT molecular complexity index is 706. The van der Waals surface area contributed by atoms with Gasteiger partial charge in [-0.2, -0.15) is 0 Å². The minimum absolute atomic E-state index is 0.0361. The fraction of sp³-hybridized carbons (Fsp3) is 0.652. The van der Waals surface area contributed by atoms with E-state index in [2.05, 4.69) is 45.0 Å². The first-order valence-electron chi connectivity index (χ1n) is 10.6. The first-order valence-corrected chi connectivity index (χ1v) is 11.5. The summed E-state index contributed by atoms with van der Waals surface area (Å²) < 4.78 is 0. The summed E-state index contributed by atoms with van der Waals surface area (Å²) in [6.45, 7) is 12.6. The van der Waals surface area contributed by atoms with E-state index in [9.17, 15) is 9.59 Å². The first-order chi connectivity index (χ1) is 13.2. The third-order valence-electron chi connectivity index (χ3n) is 6.07. The van der Waals surface area contributed by atoms with E-state index in [4.69, 9.17) is 0 Å². The Balaban J connectivity index is 1.70. The van der Waals surface area contributed by atoms with E-state index >= 15 is 0 Å². The van der Waals surface area contributed by atoms with Crippen LogP contribution in [0, 0.1) is 5.92 Å². The second kappa shape index (κ2) is 8.48. The Labute approximate surface area is 174 Å². The van der Waals surface area contributed by atoms with Gasteiger partial charge in [0, 0.05) is 25.6 Å². The van der Waals surface area contributed by atoms with Crippen molar-refractivity contribution in [1.82, 2.24) is 9.80 Å². The lowest BCUT2D eigenvalue weighted by molar-refractivity contribution is -0.139. The van der Waals surface area contributed by atoms with Gasteiger partial charge in [-0.1, -0.05) is 51.5 Å². The first kappa shape index (κ1) is 21.2. The number of hydrogen-bond acceptors (Lipinski definition) is 3. The molecule has 2 fully saturated rings. The van der Waals surface area contributed by atoms with Crippen LogP contribution < -0.4 is 0 Å². The quantitative estimate of drug-likeness (QED) is 0.698. The summed E-state index contributed by atoms with van der Waals surface area (Å²) in [5.41, 5.74) is 2.59. The zero-order valence-electron chi connectivity index (χ0n) is 17.9. The van der Waals surface area contributed by atoms with Crippen molar-refractivity contribution in [3.63, 3.8) is 0 Å². The number of thioether (sulfide) groups is 1. The summed E-state index contributed by atoms with van der Waals surface area (Å²) in [4.78, 5) is 29.3. The molecule has 1 aliphatic heterocycles. The van der Waals surface area contributed by atoms with E-state index in [0.717, 1.165) is 12.8 Å². The molecule has 4 nitrogen and oxygen atoms in total. The zero-order chi connectivity index (χ0) is 20.5. The van der Waals surface area contributed by atoms with E-state index in [-0.39, 0.29) is 33.8 Å². The third-order valence-corrected chi connectivity index (χ3v) is 7.46. The van der Waals surface area contributed by atoms with Crippen LogP contribution in [-0.4, -0.2) is 46.5 Å². The minimum atomic E-state index is -0.0373. The van der Waals surface area contributed by atoms with Gasteiger partial charge in [0.15, 0.2) is 0 Å². The molecule has 1 saturated heterocycles. The Hall–Kier alpha value is -1.49. The lowest BCUT2D eigenvalue weighted by Crippen LogP contribution is -2.44. The highest BCUT2D eigenvalue weighted by atomic mass is 32.2. The molecule has 1 heterocycles. The Morgan fingerprint density at radius 2 is 1.86 bits per heavy atom. The molecule has 5 heteroatoms. The van der Waals surface area contributed by atoms with Crippen LogP contribution in [0.15, 0.2) is 24.3 Å². The Morgan fingerprint density at radius 1 is 1.21 bits per heavy atom. The van der Waals surface area contributed by atoms with Crippen molar-refractivity contribution in [3.05, 3.63) is 35.4 Å². The van der Waals surface area contributed by atoms with Crippen LogP contribution in [0.25, 0.3) is 0 Å². The van der Waals surface area contributed by atoms with Crippen molar-refractivity contribution in [1.29, 1.82) is 0 Å². The number of carbonyl (C=O) groups excluding carboxylic acids is 2. The summed E-state index contributed by atoms with van der Waals surface area (Å²) in [5, 5.41) is -0.00117. The topological polar surface area (TPSA) is 40.6 Å². The molecule has 0 aromatic heterocycles. The third kappa shape index (κ3) is 4.40. The Morgan fingerprint density at radius 3 is 2.36 bits per heavy atom. The smallest absolute Gasteiger partial charge is 0.236 e. The molecule has 0 spiro atoms. The molecule has 1 saturated carbocycles. The van der Waals surface area contributed by atoms with Crippen molar-refractivity contribution in [3.8, 4) is 0 Å². The van der Waals surface area contributed by atoms with Gasteiger partial charge in [-0.3, -0.25) is 9.59 Å². The van der Waals surface area contributed by atoms with Crippen molar-refractivity contribution >= 4 is 23.6 Å². The zero-order valence-corrected chi connectivity index (χ0v) is 18.7. The molecule has 2 atom stereocenters. The van der Waals surface area contributed by atoms with Crippen molar-refractivity contribution in [2.45, 2.75) is 69.9 Å². The highest BCUT2D eigenvalue weighted by molar-refractivity contribution is 8.01. The summed E-state index contributed by atoms with van der Waals surface area (Å²) in [7, 11) is 0. The van der Waals surface area contributed by atoms with Crippen molar-refractivity contribution in [2.75, 3.05) is 19.6 Å². The maximum Gasteiger partial charge on any atom is 0.236 e. The molecular weight excluding hydrogens is 368 g/mol. The number of rotatable bonds is 6. The van der Waals surface area contributed by atoms with Crippen molar-refractivity contribution in [2.24, 2.45) is 5.92 Å². The molecule has 0 radical (unpaired) electrons. The summed E-state index contributed by atoms with van der Waals surface area (Å²) >= 11 is 1.71. The SMILES string of the molecule is CCN(CCN1C(=O)[C@H](C)S[C@H]1c1ccc(C(C)(C)C)cc1)C(=O)C1CCC1. The maximum absolute atomic E-state index is 12.8. The summed E-state index contributed by atoms with van der Waals surface area (Å²) in [5.74, 6) is 0.664. The van der Waals surface area contributed by atoms with Crippen LogP contribution >= 0.6 is 11.8 Å². The normalized spacial score (nSPS) is 23.0. The van der Waals surface area contributed by atoms with Gasteiger partial charge in [0.2, 0.25) is 11.8 Å². The molecule has 3 rings (SSSR count). The largest absolute Gasteiger partial charge is 0.341 e. The minimum Gasteiger partial charge on any atom is -0.341 e. The van der Waals surface area contributed by atoms with E-state index in [1.165, 1.54) is 17.5 Å². The molecule has 0 unspecified atom stereocenters. The number of hydrogen-bond donors (Lipinski definition) is 0. The average Bonchev–Trinajstić information content (AvgIpc) is 2.88. The second-order valence-electron chi connectivity index (χ2n) is 9.08. The number of benzene rings is 1. The van der Waals surface area contributed by atoms with Crippen molar-refractivity contribution < 1.29 is 9.59 Å². The van der Waals surface area contributed by atoms with Crippen LogP contribution in [0.1, 0.15) is 70.4 Å². The monoisotopic (exact) mass is 402 g/mol. The van der Waals surface area contributed by atoms with Gasteiger partial charge in [-0.05, 0) is 43.2 Å². The number of likely N-dealkylation sites (N-methyl/N-ethyl adjacent to an activating group) is 1. The van der Waals surface area contributed by atoms with Gasteiger partial charge in [-0.25, -0.2) is 0 Å². The predicted octanol–water partition coefficient (Wildman–Crippen LogP) is 4.60. The molecule has 1 aliphatic carbocycles. The highest BCUT2D eigenvalue weighted by Crippen LogP contribution is 2.43. The maximum atomic E-state index is 12.8. The molecule has 1 aromatic carbocycles. The standard InChI is InChI=1S/C23H34N2O2S/c1-6-24(21(27)17-8-7-9-17)14-15-25-20(26)16(2)28-22(25)18-10-12-19(13-11-18)23(3,4)5/h10-13,16-17,22H,6-9,14-15H2,1-5H3/t16-,22-/m0/s1. The summed E-state index contributed by atoms with van der Waals surface area (Å²) in [6.07, 6.45) is 3.21. The highest BCUT2D eigenvalue weighted by Gasteiger charge is 2.39. The van der Waals surface area contributed by atoms with Crippen LogP contribution in [-0.2, 0) is 15.0 Å². The van der Waals surface area contributed by atoms with E-state index in [1.807, 2.05) is 23.6 Å². The van der Waals surface area contributed by atoms with Gasteiger partial charge in [0.1, 0.15) is 5.37 Å². The van der Waals surface area contributed by atoms with E-state index in [1.54, 1.807) is 11.8 Å². The fourth-order valence-corrected chi connectivity index (χ4v) is 5.18. The predicted molar refractivity (Wildman–Crippen MR) is 116 cm³/mol. The Kier molecular flexibility index (Phi) is 6.43. The lowest BCUT2D eigenvalue weighted by Gasteiger charge is -2.33. The van der Waals surface area contributed by atoms with E-state index < -0.39 is 0 Å². The number of amides is 2. The molecule has 1 aromatic rings. The molecule has 28 heavy (non-hydrogen) atoms. The lowest BCUT2D eigenvalue weighted by atomic mass is 9.84. The van der Waals surface area contributed by atoms with Gasteiger partial charge in [0.05, 0.1) is 5.25 Å². The molecular formula is C23H34N2O2S. The number of carbonyl (C=O) groups is 2. The van der Waals surface area contributed by atoms with Gasteiger partial charge in [0.25, 0.3) is 0 Å². The van der Waals surface area contributed by atoms with Crippen LogP contribution in [0.3, 0.4) is 0 Å². The molecule has 2 aliphatic rings.